The molecule has 0 aliphatic carbocycles. The van der Waals surface area contributed by atoms with E-state index >= 15 is 0 Å². The standard InChI is InChI=1S/C17H20N4/c1-13(2)20-11-16-18-9-10-21(16)12-15-6-3-5-14-7-4-8-19-17(14)15/h3-10,13,20H,11-12H2,1-2H3. The van der Waals surface area contributed by atoms with Crippen molar-refractivity contribution >= 4 is 10.9 Å². The maximum absolute atomic E-state index is 4.52. The molecule has 0 aliphatic rings. The Labute approximate surface area is 124 Å². The first-order chi connectivity index (χ1) is 10.2. The number of nitrogens with one attached hydrogen (secondary N) is 1. The van der Waals surface area contributed by atoms with Gasteiger partial charge < -0.3 is 9.88 Å². The van der Waals surface area contributed by atoms with E-state index in [2.05, 4.69) is 58.0 Å². The van der Waals surface area contributed by atoms with Crippen molar-refractivity contribution in [2.45, 2.75) is 33.0 Å². The predicted molar refractivity (Wildman–Crippen MR) is 85.0 cm³/mol. The van der Waals surface area contributed by atoms with Gasteiger partial charge in [-0.2, -0.15) is 0 Å². The first kappa shape index (κ1) is 13.8. The molecule has 21 heavy (non-hydrogen) atoms. The van der Waals surface area contributed by atoms with Crippen LogP contribution in [-0.2, 0) is 13.1 Å². The zero-order chi connectivity index (χ0) is 14.7. The molecule has 0 amide bonds. The smallest absolute Gasteiger partial charge is 0.122 e. The largest absolute Gasteiger partial charge is 0.329 e. The normalized spacial score (nSPS) is 11.4. The summed E-state index contributed by atoms with van der Waals surface area (Å²) in [5, 5.41) is 4.59. The van der Waals surface area contributed by atoms with Crippen LogP contribution in [0.2, 0.25) is 0 Å². The summed E-state index contributed by atoms with van der Waals surface area (Å²) in [6.45, 7) is 5.86. The van der Waals surface area contributed by atoms with Gasteiger partial charge in [0.05, 0.1) is 18.6 Å². The lowest BCUT2D eigenvalue weighted by atomic mass is 10.1. The lowest BCUT2D eigenvalue weighted by molar-refractivity contribution is 0.555. The van der Waals surface area contributed by atoms with Crippen LogP contribution in [0.1, 0.15) is 25.2 Å². The molecule has 1 aromatic carbocycles. The quantitative estimate of drug-likeness (QED) is 0.781. The molecule has 3 rings (SSSR count). The van der Waals surface area contributed by atoms with Gasteiger partial charge >= 0.3 is 0 Å². The van der Waals surface area contributed by atoms with Crippen LogP contribution in [0.25, 0.3) is 10.9 Å². The lowest BCUT2D eigenvalue weighted by Gasteiger charge is -2.12. The van der Waals surface area contributed by atoms with E-state index < -0.39 is 0 Å². The Morgan fingerprint density at radius 2 is 1.95 bits per heavy atom. The highest BCUT2D eigenvalue weighted by molar-refractivity contribution is 5.81. The molecule has 0 saturated carbocycles. The third-order valence-corrected chi connectivity index (χ3v) is 3.53. The number of hydrogen-bond donors (Lipinski definition) is 1. The molecule has 108 valence electrons. The highest BCUT2D eigenvalue weighted by Gasteiger charge is 2.07. The molecule has 0 unspecified atom stereocenters. The van der Waals surface area contributed by atoms with Gasteiger partial charge in [-0.3, -0.25) is 4.98 Å². The van der Waals surface area contributed by atoms with Crippen molar-refractivity contribution in [3.63, 3.8) is 0 Å². The van der Waals surface area contributed by atoms with Crippen molar-refractivity contribution in [2.75, 3.05) is 0 Å². The van der Waals surface area contributed by atoms with Crippen LogP contribution < -0.4 is 5.32 Å². The number of pyridine rings is 1. The fourth-order valence-corrected chi connectivity index (χ4v) is 2.43. The zero-order valence-corrected chi connectivity index (χ0v) is 12.5. The van der Waals surface area contributed by atoms with Crippen LogP contribution in [0.4, 0.5) is 0 Å². The van der Waals surface area contributed by atoms with Gasteiger partial charge in [0.25, 0.3) is 0 Å². The summed E-state index contributed by atoms with van der Waals surface area (Å²) in [7, 11) is 0. The second-order valence-electron chi connectivity index (χ2n) is 5.50. The third kappa shape index (κ3) is 3.11. The molecule has 2 aromatic heterocycles. The summed E-state index contributed by atoms with van der Waals surface area (Å²) in [4.78, 5) is 8.96. The van der Waals surface area contributed by atoms with Crippen molar-refractivity contribution in [3.05, 3.63) is 60.3 Å². The number of nitrogens with zero attached hydrogens (tertiary/aromatic N) is 3. The molecule has 0 bridgehead atoms. The molecule has 4 nitrogen and oxygen atoms in total. The van der Waals surface area contributed by atoms with Gasteiger partial charge in [0.15, 0.2) is 0 Å². The number of rotatable bonds is 5. The Balaban J connectivity index is 1.87. The van der Waals surface area contributed by atoms with Crippen LogP contribution in [0.3, 0.4) is 0 Å². The average molecular weight is 280 g/mol. The molecule has 3 aromatic rings. The van der Waals surface area contributed by atoms with Crippen LogP contribution in [0, 0.1) is 0 Å². The maximum atomic E-state index is 4.52. The zero-order valence-electron chi connectivity index (χ0n) is 12.5. The monoisotopic (exact) mass is 280 g/mol. The summed E-state index contributed by atoms with van der Waals surface area (Å²) in [5.41, 5.74) is 2.29. The summed E-state index contributed by atoms with van der Waals surface area (Å²) in [6.07, 6.45) is 5.73. The Kier molecular flexibility index (Phi) is 3.97. The Hall–Kier alpha value is -2.20. The molecule has 4 heteroatoms. The third-order valence-electron chi connectivity index (χ3n) is 3.53. The van der Waals surface area contributed by atoms with E-state index in [4.69, 9.17) is 0 Å². The minimum absolute atomic E-state index is 0.453. The molecule has 0 spiro atoms. The van der Waals surface area contributed by atoms with Gasteiger partial charge in [0.1, 0.15) is 5.82 Å². The van der Waals surface area contributed by atoms with Gasteiger partial charge in [0.2, 0.25) is 0 Å². The number of benzene rings is 1. The van der Waals surface area contributed by atoms with E-state index in [1.54, 1.807) is 0 Å². The van der Waals surface area contributed by atoms with Crippen LogP contribution in [0.5, 0.6) is 0 Å². The van der Waals surface area contributed by atoms with Crippen molar-refractivity contribution in [3.8, 4) is 0 Å². The fourth-order valence-electron chi connectivity index (χ4n) is 2.43. The van der Waals surface area contributed by atoms with Crippen LogP contribution in [-0.4, -0.2) is 20.6 Å². The summed E-state index contributed by atoms with van der Waals surface area (Å²) >= 11 is 0. The van der Waals surface area contributed by atoms with Crippen molar-refractivity contribution in [2.24, 2.45) is 0 Å². The first-order valence-electron chi connectivity index (χ1n) is 7.30. The number of aromatic nitrogens is 3. The van der Waals surface area contributed by atoms with E-state index in [1.165, 1.54) is 10.9 Å². The molecule has 0 fully saturated rings. The summed E-state index contributed by atoms with van der Waals surface area (Å²) in [6, 6.07) is 10.8. The van der Waals surface area contributed by atoms with E-state index in [0.717, 1.165) is 24.4 Å². The lowest BCUT2D eigenvalue weighted by Crippen LogP contribution is -2.24. The SMILES string of the molecule is CC(C)NCc1nccn1Cc1cccc2cccnc12. The maximum Gasteiger partial charge on any atom is 0.122 e. The number of fused-ring (bicyclic) bond motifs is 1. The van der Waals surface area contributed by atoms with Crippen LogP contribution in [0.15, 0.2) is 48.9 Å². The van der Waals surface area contributed by atoms with Crippen molar-refractivity contribution < 1.29 is 0 Å². The molecule has 0 aliphatic heterocycles. The molecule has 0 radical (unpaired) electrons. The topological polar surface area (TPSA) is 42.7 Å². The van der Waals surface area contributed by atoms with Gasteiger partial charge in [-0.25, -0.2) is 4.98 Å². The van der Waals surface area contributed by atoms with Gasteiger partial charge in [-0.1, -0.05) is 38.1 Å². The molecule has 2 heterocycles. The number of para-hydroxylation sites is 1. The average Bonchev–Trinajstić information content (AvgIpc) is 2.93. The van der Waals surface area contributed by atoms with Gasteiger partial charge in [-0.15, -0.1) is 0 Å². The Morgan fingerprint density at radius 3 is 2.81 bits per heavy atom. The van der Waals surface area contributed by atoms with E-state index in [-0.39, 0.29) is 0 Å². The molecular weight excluding hydrogens is 260 g/mol. The van der Waals surface area contributed by atoms with E-state index in [0.29, 0.717) is 6.04 Å². The Morgan fingerprint density at radius 1 is 1.10 bits per heavy atom. The fraction of sp³-hybridized carbons (Fsp3) is 0.294. The minimum Gasteiger partial charge on any atom is -0.329 e. The van der Waals surface area contributed by atoms with Crippen molar-refractivity contribution in [1.82, 2.24) is 19.9 Å². The van der Waals surface area contributed by atoms with Gasteiger partial charge in [-0.05, 0) is 11.6 Å². The Bertz CT molecular complexity index is 725. The first-order valence-corrected chi connectivity index (χ1v) is 7.30. The second kappa shape index (κ2) is 6.06. The summed E-state index contributed by atoms with van der Waals surface area (Å²) < 4.78 is 2.18. The molecule has 0 saturated heterocycles. The van der Waals surface area contributed by atoms with Gasteiger partial charge in [0, 0.05) is 30.0 Å². The molecule has 0 atom stereocenters. The van der Waals surface area contributed by atoms with E-state index in [9.17, 15) is 0 Å². The van der Waals surface area contributed by atoms with Crippen LogP contribution >= 0.6 is 0 Å². The van der Waals surface area contributed by atoms with E-state index in [1.807, 2.05) is 24.7 Å². The highest BCUT2D eigenvalue weighted by atomic mass is 15.1. The molecule has 1 N–H and O–H groups in total. The second-order valence-corrected chi connectivity index (χ2v) is 5.50. The minimum atomic E-state index is 0.453. The predicted octanol–water partition coefficient (Wildman–Crippen LogP) is 2.98. The summed E-state index contributed by atoms with van der Waals surface area (Å²) in [5.74, 6) is 1.05. The number of imidazole rings is 1. The van der Waals surface area contributed by atoms with Crippen molar-refractivity contribution in [1.29, 1.82) is 0 Å². The highest BCUT2D eigenvalue weighted by Crippen LogP contribution is 2.17. The molecular formula is C17H20N4. The number of hydrogen-bond acceptors (Lipinski definition) is 3.